The number of nitrogens with zero attached hydrogens (tertiary/aromatic N) is 1. The van der Waals surface area contributed by atoms with Crippen LogP contribution in [0.5, 0.6) is 0 Å². The number of ether oxygens (including phenoxy) is 1. The van der Waals surface area contributed by atoms with Crippen LogP contribution in [0.4, 0.5) is 0 Å². The molecule has 20 heavy (non-hydrogen) atoms. The molecule has 0 aromatic rings. The van der Waals surface area contributed by atoms with E-state index >= 15 is 0 Å². The van der Waals surface area contributed by atoms with Gasteiger partial charge in [0.25, 0.3) is 0 Å². The summed E-state index contributed by atoms with van der Waals surface area (Å²) in [5, 5.41) is 3.67. The molecule has 0 spiro atoms. The fraction of sp³-hybridized carbons (Fsp3) is 1.00. The summed E-state index contributed by atoms with van der Waals surface area (Å²) in [6.07, 6.45) is 11.1. The van der Waals surface area contributed by atoms with Crippen LogP contribution < -0.4 is 5.32 Å². The quantitative estimate of drug-likeness (QED) is 0.740. The molecule has 0 amide bonds. The van der Waals surface area contributed by atoms with Gasteiger partial charge in [-0.05, 0) is 51.6 Å². The second kappa shape index (κ2) is 9.01. The molecule has 1 saturated carbocycles. The Labute approximate surface area is 125 Å². The number of rotatable bonds is 8. The van der Waals surface area contributed by atoms with E-state index < -0.39 is 0 Å². The van der Waals surface area contributed by atoms with E-state index in [2.05, 4.69) is 24.1 Å². The van der Waals surface area contributed by atoms with Crippen molar-refractivity contribution in [3.8, 4) is 0 Å². The molecular weight excluding hydrogens is 248 g/mol. The third-order valence-electron chi connectivity index (χ3n) is 5.02. The zero-order valence-electron chi connectivity index (χ0n) is 13.6. The van der Waals surface area contributed by atoms with Crippen LogP contribution in [-0.4, -0.2) is 49.3 Å². The van der Waals surface area contributed by atoms with Gasteiger partial charge in [0.05, 0.1) is 12.7 Å². The average Bonchev–Trinajstić information content (AvgIpc) is 2.51. The van der Waals surface area contributed by atoms with Crippen LogP contribution in [0, 0.1) is 0 Å². The van der Waals surface area contributed by atoms with Crippen molar-refractivity contribution in [1.29, 1.82) is 0 Å². The van der Waals surface area contributed by atoms with Crippen LogP contribution in [-0.2, 0) is 4.74 Å². The van der Waals surface area contributed by atoms with E-state index in [1.54, 1.807) is 0 Å². The summed E-state index contributed by atoms with van der Waals surface area (Å²) in [7, 11) is 0. The summed E-state index contributed by atoms with van der Waals surface area (Å²) in [5.41, 5.74) is 0. The SMILES string of the molecule is CCCNC(CC)CCCN1CCOC2CCCCC21. The Bertz CT molecular complexity index is 257. The molecule has 0 aromatic carbocycles. The predicted octanol–water partition coefficient (Wildman–Crippen LogP) is 3.19. The predicted molar refractivity (Wildman–Crippen MR) is 85.2 cm³/mol. The van der Waals surface area contributed by atoms with E-state index in [9.17, 15) is 0 Å². The Morgan fingerprint density at radius 3 is 2.90 bits per heavy atom. The average molecular weight is 282 g/mol. The lowest BCUT2D eigenvalue weighted by Gasteiger charge is -2.44. The summed E-state index contributed by atoms with van der Waals surface area (Å²) in [6.45, 7) is 9.10. The van der Waals surface area contributed by atoms with Crippen LogP contribution >= 0.6 is 0 Å². The third-order valence-corrected chi connectivity index (χ3v) is 5.02. The van der Waals surface area contributed by atoms with Crippen LogP contribution in [0.15, 0.2) is 0 Å². The second-order valence-corrected chi connectivity index (χ2v) is 6.50. The topological polar surface area (TPSA) is 24.5 Å². The highest BCUT2D eigenvalue weighted by molar-refractivity contribution is 4.87. The van der Waals surface area contributed by atoms with E-state index in [4.69, 9.17) is 4.74 Å². The lowest BCUT2D eigenvalue weighted by Crippen LogP contribution is -2.52. The van der Waals surface area contributed by atoms with E-state index in [0.29, 0.717) is 6.10 Å². The Kier molecular flexibility index (Phi) is 7.32. The zero-order chi connectivity index (χ0) is 14.2. The van der Waals surface area contributed by atoms with E-state index in [-0.39, 0.29) is 0 Å². The highest BCUT2D eigenvalue weighted by atomic mass is 16.5. The Hall–Kier alpha value is -0.120. The number of hydrogen-bond donors (Lipinski definition) is 1. The highest BCUT2D eigenvalue weighted by Gasteiger charge is 2.33. The minimum atomic E-state index is 0.540. The highest BCUT2D eigenvalue weighted by Crippen LogP contribution is 2.28. The first kappa shape index (κ1) is 16.3. The standard InChI is InChI=1S/C17H34N2O/c1-3-11-18-15(4-2)8-7-12-19-13-14-20-17-10-6-5-9-16(17)19/h15-18H,3-14H2,1-2H3. The van der Waals surface area contributed by atoms with Crippen LogP contribution in [0.3, 0.4) is 0 Å². The molecule has 3 heteroatoms. The van der Waals surface area contributed by atoms with Gasteiger partial charge in [0.1, 0.15) is 0 Å². The molecule has 1 heterocycles. The van der Waals surface area contributed by atoms with Gasteiger partial charge in [-0.3, -0.25) is 4.90 Å². The molecule has 1 aliphatic carbocycles. The van der Waals surface area contributed by atoms with Crippen molar-refractivity contribution < 1.29 is 4.74 Å². The Morgan fingerprint density at radius 2 is 2.10 bits per heavy atom. The minimum absolute atomic E-state index is 0.540. The van der Waals surface area contributed by atoms with Gasteiger partial charge in [-0.1, -0.05) is 26.7 Å². The molecular formula is C17H34N2O. The first-order chi connectivity index (χ1) is 9.85. The van der Waals surface area contributed by atoms with Gasteiger partial charge in [-0.25, -0.2) is 0 Å². The molecule has 2 rings (SSSR count). The zero-order valence-corrected chi connectivity index (χ0v) is 13.6. The fourth-order valence-electron chi connectivity index (χ4n) is 3.79. The lowest BCUT2D eigenvalue weighted by molar-refractivity contribution is -0.0883. The van der Waals surface area contributed by atoms with Gasteiger partial charge in [0.15, 0.2) is 0 Å². The first-order valence-corrected chi connectivity index (χ1v) is 8.94. The van der Waals surface area contributed by atoms with Crippen LogP contribution in [0.1, 0.15) is 65.2 Å². The molecule has 1 saturated heterocycles. The number of nitrogens with one attached hydrogen (secondary N) is 1. The van der Waals surface area contributed by atoms with Crippen LogP contribution in [0.25, 0.3) is 0 Å². The molecule has 3 atom stereocenters. The smallest absolute Gasteiger partial charge is 0.0730 e. The molecule has 118 valence electrons. The van der Waals surface area contributed by atoms with E-state index in [1.807, 2.05) is 0 Å². The van der Waals surface area contributed by atoms with Gasteiger partial charge >= 0.3 is 0 Å². The van der Waals surface area contributed by atoms with Crippen LogP contribution in [0.2, 0.25) is 0 Å². The normalized spacial score (nSPS) is 29.1. The van der Waals surface area contributed by atoms with Crippen molar-refractivity contribution in [2.45, 2.75) is 83.4 Å². The Balaban J connectivity index is 1.69. The van der Waals surface area contributed by atoms with Crippen molar-refractivity contribution in [3.05, 3.63) is 0 Å². The van der Waals surface area contributed by atoms with E-state index in [0.717, 1.165) is 25.2 Å². The van der Waals surface area contributed by atoms with Gasteiger partial charge in [0.2, 0.25) is 0 Å². The molecule has 1 N–H and O–H groups in total. The van der Waals surface area contributed by atoms with Crippen molar-refractivity contribution in [3.63, 3.8) is 0 Å². The minimum Gasteiger partial charge on any atom is -0.375 e. The molecule has 0 bridgehead atoms. The molecule has 2 aliphatic rings. The second-order valence-electron chi connectivity index (χ2n) is 6.50. The van der Waals surface area contributed by atoms with Gasteiger partial charge < -0.3 is 10.1 Å². The number of fused-ring (bicyclic) bond motifs is 1. The van der Waals surface area contributed by atoms with Crippen molar-refractivity contribution in [2.75, 3.05) is 26.2 Å². The maximum absolute atomic E-state index is 5.96. The molecule has 2 fully saturated rings. The summed E-state index contributed by atoms with van der Waals surface area (Å²) < 4.78 is 5.96. The van der Waals surface area contributed by atoms with Crippen molar-refractivity contribution in [2.24, 2.45) is 0 Å². The van der Waals surface area contributed by atoms with E-state index in [1.165, 1.54) is 64.5 Å². The largest absolute Gasteiger partial charge is 0.375 e. The third kappa shape index (κ3) is 4.71. The summed E-state index contributed by atoms with van der Waals surface area (Å²) in [4.78, 5) is 2.72. The number of hydrogen-bond acceptors (Lipinski definition) is 3. The molecule has 3 nitrogen and oxygen atoms in total. The van der Waals surface area contributed by atoms with Gasteiger partial charge in [-0.2, -0.15) is 0 Å². The number of morpholine rings is 1. The van der Waals surface area contributed by atoms with Gasteiger partial charge in [0, 0.05) is 18.6 Å². The summed E-state index contributed by atoms with van der Waals surface area (Å²) >= 11 is 0. The molecule has 3 unspecified atom stereocenters. The maximum atomic E-state index is 5.96. The molecule has 1 aliphatic heterocycles. The maximum Gasteiger partial charge on any atom is 0.0730 e. The van der Waals surface area contributed by atoms with Gasteiger partial charge in [-0.15, -0.1) is 0 Å². The summed E-state index contributed by atoms with van der Waals surface area (Å²) in [6, 6.07) is 1.44. The van der Waals surface area contributed by atoms with Crippen molar-refractivity contribution in [1.82, 2.24) is 10.2 Å². The fourth-order valence-corrected chi connectivity index (χ4v) is 3.79. The monoisotopic (exact) mass is 282 g/mol. The first-order valence-electron chi connectivity index (χ1n) is 8.94. The molecule has 0 radical (unpaired) electrons. The lowest BCUT2D eigenvalue weighted by atomic mass is 9.90. The molecule has 0 aromatic heterocycles. The Morgan fingerprint density at radius 1 is 1.25 bits per heavy atom. The van der Waals surface area contributed by atoms with Crippen molar-refractivity contribution >= 4 is 0 Å². The summed E-state index contributed by atoms with van der Waals surface area (Å²) in [5.74, 6) is 0.